The van der Waals surface area contributed by atoms with Crippen LogP contribution in [0.1, 0.15) is 0 Å². The first-order chi connectivity index (χ1) is 28.7. The fourth-order valence-electron chi connectivity index (χ4n) is 8.21. The molecule has 270 valence electrons. The molecule has 0 atom stereocenters. The van der Waals surface area contributed by atoms with E-state index in [0.717, 1.165) is 105 Å². The van der Waals surface area contributed by atoms with Crippen molar-refractivity contribution in [2.24, 2.45) is 0 Å². The summed E-state index contributed by atoms with van der Waals surface area (Å²) in [7, 11) is 0. The Bertz CT molecular complexity index is 3460. The van der Waals surface area contributed by atoms with Gasteiger partial charge in [-0.25, -0.2) is 15.0 Å². The molecule has 0 spiro atoms. The average Bonchev–Trinajstić information content (AvgIpc) is 3.87. The van der Waals surface area contributed by atoms with Gasteiger partial charge < -0.3 is 8.83 Å². The molecule has 0 aliphatic carbocycles. The number of rotatable bonds is 5. The molecule has 12 rings (SSSR count). The number of para-hydroxylation sites is 4. The first-order valence-corrected chi connectivity index (χ1v) is 19.1. The van der Waals surface area contributed by atoms with Crippen LogP contribution in [0.15, 0.2) is 185 Å². The third-order valence-corrected chi connectivity index (χ3v) is 11.0. The maximum Gasteiger partial charge on any atom is 0.164 e. The second-order valence-electron chi connectivity index (χ2n) is 14.5. The molecule has 0 aliphatic rings. The minimum absolute atomic E-state index is 0.546. The first-order valence-electron chi connectivity index (χ1n) is 19.1. The monoisotopic (exact) mass is 743 g/mol. The summed E-state index contributed by atoms with van der Waals surface area (Å²) in [6.07, 6.45) is 3.43. The number of furan rings is 2. The summed E-state index contributed by atoms with van der Waals surface area (Å²) in [4.78, 5) is 24.6. The molecule has 0 radical (unpaired) electrons. The normalized spacial score (nSPS) is 11.8. The van der Waals surface area contributed by atoms with Gasteiger partial charge >= 0.3 is 0 Å². The van der Waals surface area contributed by atoms with Gasteiger partial charge in [0.1, 0.15) is 22.3 Å². The lowest BCUT2D eigenvalue weighted by molar-refractivity contribution is 0.670. The molecule has 8 aromatic carbocycles. The molecule has 0 saturated heterocycles. The topological polar surface area (TPSA) is 90.7 Å². The summed E-state index contributed by atoms with van der Waals surface area (Å²) in [5, 5.41) is 6.36. The van der Waals surface area contributed by atoms with Crippen LogP contribution in [0, 0.1) is 0 Å². The maximum atomic E-state index is 6.59. The Morgan fingerprint density at radius 2 is 0.828 bits per heavy atom. The predicted molar refractivity (Wildman–Crippen MR) is 232 cm³/mol. The molecule has 7 heteroatoms. The molecule has 12 aromatic rings. The summed E-state index contributed by atoms with van der Waals surface area (Å²) in [6.45, 7) is 0. The Hall–Kier alpha value is -8.03. The van der Waals surface area contributed by atoms with Gasteiger partial charge in [0.05, 0.1) is 11.0 Å². The van der Waals surface area contributed by atoms with Crippen LogP contribution in [0.5, 0.6) is 0 Å². The Kier molecular flexibility index (Phi) is 7.09. The van der Waals surface area contributed by atoms with Gasteiger partial charge in [-0.05, 0) is 70.4 Å². The van der Waals surface area contributed by atoms with E-state index in [-0.39, 0.29) is 0 Å². The Labute approximate surface area is 330 Å². The molecule has 0 aliphatic heterocycles. The second kappa shape index (κ2) is 12.8. The fraction of sp³-hybridized carbons (Fsp3) is 0. The van der Waals surface area contributed by atoms with Crippen molar-refractivity contribution in [1.82, 2.24) is 24.9 Å². The quantitative estimate of drug-likeness (QED) is 0.162. The standard InChI is InChI=1S/C51H29N5O2/c1-2-10-30(11-3-1)49-54-50(32-21-20-31-28-43-44(29-33(31)24-32)53-23-22-52-43)56-51(55-49)36-26-34(37-14-8-16-41-39-12-4-6-18-45(39)57-47(37)41)25-35(27-36)38-15-9-17-42-40-13-5-7-19-46(40)58-48(38)42/h1-29H. The lowest BCUT2D eigenvalue weighted by Gasteiger charge is -2.13. The number of hydrogen-bond acceptors (Lipinski definition) is 7. The van der Waals surface area contributed by atoms with Gasteiger partial charge in [-0.2, -0.15) is 0 Å². The Morgan fingerprint density at radius 3 is 1.45 bits per heavy atom. The Morgan fingerprint density at radius 1 is 0.328 bits per heavy atom. The van der Waals surface area contributed by atoms with Crippen LogP contribution in [0.2, 0.25) is 0 Å². The largest absolute Gasteiger partial charge is 0.455 e. The number of aromatic nitrogens is 5. The number of hydrogen-bond donors (Lipinski definition) is 0. The van der Waals surface area contributed by atoms with Crippen molar-refractivity contribution in [3.8, 4) is 56.4 Å². The van der Waals surface area contributed by atoms with Crippen LogP contribution < -0.4 is 0 Å². The van der Waals surface area contributed by atoms with E-state index >= 15 is 0 Å². The summed E-state index contributed by atoms with van der Waals surface area (Å²) in [5.41, 5.74) is 11.5. The van der Waals surface area contributed by atoms with Crippen LogP contribution in [0.3, 0.4) is 0 Å². The molecule has 0 amide bonds. The van der Waals surface area contributed by atoms with Crippen LogP contribution >= 0.6 is 0 Å². The number of nitrogens with zero attached hydrogens (tertiary/aromatic N) is 5. The smallest absolute Gasteiger partial charge is 0.164 e. The molecule has 7 nitrogen and oxygen atoms in total. The third kappa shape index (κ3) is 5.25. The molecule has 0 N–H and O–H groups in total. The lowest BCUT2D eigenvalue weighted by Crippen LogP contribution is -2.00. The van der Waals surface area contributed by atoms with E-state index in [1.807, 2.05) is 66.7 Å². The van der Waals surface area contributed by atoms with Gasteiger partial charge in [0.25, 0.3) is 0 Å². The van der Waals surface area contributed by atoms with Crippen LogP contribution in [-0.2, 0) is 0 Å². The summed E-state index contributed by atoms with van der Waals surface area (Å²) in [5.74, 6) is 1.69. The van der Waals surface area contributed by atoms with Crippen molar-refractivity contribution in [3.05, 3.63) is 176 Å². The number of benzene rings is 8. The SMILES string of the molecule is c1ccc(-c2nc(-c3cc(-c4cccc5c4oc4ccccc45)cc(-c4cccc5c4oc4ccccc45)c3)nc(-c3ccc4cc5nccnc5cc4c3)n2)cc1. The summed E-state index contributed by atoms with van der Waals surface area (Å²) < 4.78 is 13.2. The molecule has 58 heavy (non-hydrogen) atoms. The highest BCUT2D eigenvalue weighted by atomic mass is 16.3. The van der Waals surface area contributed by atoms with Crippen molar-refractivity contribution >= 4 is 65.7 Å². The van der Waals surface area contributed by atoms with Gasteiger partial charge in [-0.3, -0.25) is 9.97 Å². The van der Waals surface area contributed by atoms with Gasteiger partial charge in [0, 0.05) is 61.8 Å². The highest BCUT2D eigenvalue weighted by Crippen LogP contribution is 2.42. The molecule has 0 bridgehead atoms. The molecular weight excluding hydrogens is 715 g/mol. The average molecular weight is 744 g/mol. The van der Waals surface area contributed by atoms with E-state index in [4.69, 9.17) is 23.8 Å². The van der Waals surface area contributed by atoms with Crippen molar-refractivity contribution in [2.75, 3.05) is 0 Å². The third-order valence-electron chi connectivity index (χ3n) is 11.0. The molecular formula is C51H29N5O2. The minimum atomic E-state index is 0.546. The summed E-state index contributed by atoms with van der Waals surface area (Å²) in [6, 6.07) is 56.0. The van der Waals surface area contributed by atoms with Crippen LogP contribution in [-0.4, -0.2) is 24.9 Å². The van der Waals surface area contributed by atoms with E-state index in [9.17, 15) is 0 Å². The zero-order valence-electron chi connectivity index (χ0n) is 30.8. The summed E-state index contributed by atoms with van der Waals surface area (Å²) >= 11 is 0. The van der Waals surface area contributed by atoms with Crippen molar-refractivity contribution in [2.45, 2.75) is 0 Å². The zero-order valence-corrected chi connectivity index (χ0v) is 30.8. The molecule has 0 saturated carbocycles. The molecule has 0 fully saturated rings. The van der Waals surface area contributed by atoms with E-state index < -0.39 is 0 Å². The van der Waals surface area contributed by atoms with Crippen molar-refractivity contribution in [3.63, 3.8) is 0 Å². The van der Waals surface area contributed by atoms with Crippen LogP contribution in [0.4, 0.5) is 0 Å². The van der Waals surface area contributed by atoms with E-state index in [2.05, 4.69) is 107 Å². The minimum Gasteiger partial charge on any atom is -0.455 e. The highest BCUT2D eigenvalue weighted by molar-refractivity contribution is 6.11. The van der Waals surface area contributed by atoms with Gasteiger partial charge in [-0.1, -0.05) is 115 Å². The van der Waals surface area contributed by atoms with Gasteiger partial charge in [0.15, 0.2) is 17.5 Å². The first kappa shape index (κ1) is 32.2. The predicted octanol–water partition coefficient (Wildman–Crippen LogP) is 13.1. The van der Waals surface area contributed by atoms with E-state index in [1.165, 1.54) is 0 Å². The van der Waals surface area contributed by atoms with Crippen LogP contribution in [0.25, 0.3) is 122 Å². The van der Waals surface area contributed by atoms with E-state index in [1.54, 1.807) is 12.4 Å². The second-order valence-corrected chi connectivity index (χ2v) is 14.5. The zero-order chi connectivity index (χ0) is 38.2. The van der Waals surface area contributed by atoms with E-state index in [0.29, 0.717) is 17.5 Å². The van der Waals surface area contributed by atoms with Crippen molar-refractivity contribution in [1.29, 1.82) is 0 Å². The number of fused-ring (bicyclic) bond motifs is 8. The fourth-order valence-corrected chi connectivity index (χ4v) is 8.21. The Balaban J connectivity index is 1.11. The maximum absolute atomic E-state index is 6.59. The van der Waals surface area contributed by atoms with Gasteiger partial charge in [-0.15, -0.1) is 0 Å². The lowest BCUT2D eigenvalue weighted by atomic mass is 9.94. The molecule has 0 unspecified atom stereocenters. The molecule has 4 heterocycles. The highest BCUT2D eigenvalue weighted by Gasteiger charge is 2.20. The van der Waals surface area contributed by atoms with Crippen molar-refractivity contribution < 1.29 is 8.83 Å². The molecule has 4 aromatic heterocycles. The van der Waals surface area contributed by atoms with Gasteiger partial charge in [0.2, 0.25) is 0 Å².